The molecule has 30 heavy (non-hydrogen) atoms. The molecule has 0 atom stereocenters. The average molecular weight is 416 g/mol. The normalized spacial score (nSPS) is 14.7. The highest BCUT2D eigenvalue weighted by atomic mass is 19.1. The van der Waals surface area contributed by atoms with Crippen molar-refractivity contribution in [2.75, 3.05) is 39.3 Å². The summed E-state index contributed by atoms with van der Waals surface area (Å²) in [5.41, 5.74) is 1.31. The molecule has 0 radical (unpaired) electrons. The number of hydrogen-bond donors (Lipinski definition) is 0. The molecule has 0 aliphatic carbocycles. The van der Waals surface area contributed by atoms with E-state index in [0.29, 0.717) is 30.2 Å². The summed E-state index contributed by atoms with van der Waals surface area (Å²) in [6, 6.07) is 7.80. The van der Waals surface area contributed by atoms with Crippen LogP contribution in [-0.2, 0) is 11.3 Å². The smallest absolute Gasteiger partial charge is 0.257 e. The number of benzene rings is 1. The Bertz CT molecular complexity index is 870. The Morgan fingerprint density at radius 1 is 1.10 bits per heavy atom. The van der Waals surface area contributed by atoms with E-state index in [9.17, 15) is 14.0 Å². The zero-order valence-corrected chi connectivity index (χ0v) is 18.0. The van der Waals surface area contributed by atoms with Gasteiger partial charge >= 0.3 is 0 Å². The number of carbonyl (C=O) groups is 2. The molecule has 3 rings (SSSR count). The molecule has 7 heteroatoms. The van der Waals surface area contributed by atoms with Gasteiger partial charge in [-0.05, 0) is 44.2 Å². The summed E-state index contributed by atoms with van der Waals surface area (Å²) in [6.45, 7) is 10.5. The Labute approximate surface area is 177 Å². The molecule has 162 valence electrons. The summed E-state index contributed by atoms with van der Waals surface area (Å²) < 4.78 is 18.8. The van der Waals surface area contributed by atoms with Crippen molar-refractivity contribution in [2.24, 2.45) is 0 Å². The van der Waals surface area contributed by atoms with Crippen molar-refractivity contribution in [3.8, 4) is 0 Å². The van der Waals surface area contributed by atoms with Crippen molar-refractivity contribution < 1.29 is 18.4 Å². The standard InChI is InChI=1S/C23H30FN3O3/c1-4-25-11-13-26(14-12-25)22(28)9-10-27(16-19-5-7-20(24)8-6-19)23(29)21-15-17(2)30-18(21)3/h5-8,15H,4,9-14,16H2,1-3H3. The van der Waals surface area contributed by atoms with Gasteiger partial charge in [0.15, 0.2) is 0 Å². The van der Waals surface area contributed by atoms with E-state index in [0.717, 1.165) is 38.3 Å². The molecule has 1 aliphatic rings. The van der Waals surface area contributed by atoms with Crippen LogP contribution in [0.3, 0.4) is 0 Å². The molecule has 0 bridgehead atoms. The second kappa shape index (κ2) is 9.89. The Kier molecular flexibility index (Phi) is 7.26. The molecule has 1 saturated heterocycles. The highest BCUT2D eigenvalue weighted by Gasteiger charge is 2.24. The van der Waals surface area contributed by atoms with Crippen LogP contribution in [0.2, 0.25) is 0 Å². The maximum Gasteiger partial charge on any atom is 0.257 e. The van der Waals surface area contributed by atoms with Crippen LogP contribution in [-0.4, -0.2) is 65.8 Å². The van der Waals surface area contributed by atoms with Crippen molar-refractivity contribution in [1.82, 2.24) is 14.7 Å². The van der Waals surface area contributed by atoms with Crippen LogP contribution in [0.1, 0.15) is 40.8 Å². The van der Waals surface area contributed by atoms with E-state index in [2.05, 4.69) is 11.8 Å². The van der Waals surface area contributed by atoms with Crippen molar-refractivity contribution in [3.05, 3.63) is 58.8 Å². The van der Waals surface area contributed by atoms with Gasteiger partial charge in [0.05, 0.1) is 5.56 Å². The Morgan fingerprint density at radius 2 is 1.77 bits per heavy atom. The molecular weight excluding hydrogens is 385 g/mol. The highest BCUT2D eigenvalue weighted by molar-refractivity contribution is 5.95. The second-order valence-electron chi connectivity index (χ2n) is 7.75. The summed E-state index contributed by atoms with van der Waals surface area (Å²) in [4.78, 5) is 31.7. The predicted molar refractivity (Wildman–Crippen MR) is 113 cm³/mol. The van der Waals surface area contributed by atoms with Crippen LogP contribution < -0.4 is 0 Å². The van der Waals surface area contributed by atoms with E-state index < -0.39 is 0 Å². The molecule has 2 aromatic rings. The van der Waals surface area contributed by atoms with Crippen LogP contribution in [0.15, 0.2) is 34.7 Å². The van der Waals surface area contributed by atoms with Crippen LogP contribution in [0.5, 0.6) is 0 Å². The van der Waals surface area contributed by atoms with Crippen LogP contribution in [0.25, 0.3) is 0 Å². The van der Waals surface area contributed by atoms with E-state index in [4.69, 9.17) is 4.42 Å². The summed E-state index contributed by atoms with van der Waals surface area (Å²) in [7, 11) is 0. The van der Waals surface area contributed by atoms with Crippen molar-refractivity contribution in [2.45, 2.75) is 33.7 Å². The van der Waals surface area contributed by atoms with Gasteiger partial charge in [0, 0.05) is 45.7 Å². The number of furan rings is 1. The number of rotatable bonds is 7. The average Bonchev–Trinajstić information content (AvgIpc) is 3.09. The molecule has 2 amide bonds. The number of aryl methyl sites for hydroxylation is 2. The fraction of sp³-hybridized carbons (Fsp3) is 0.478. The topological polar surface area (TPSA) is 57.0 Å². The molecule has 2 heterocycles. The lowest BCUT2D eigenvalue weighted by atomic mass is 10.1. The molecule has 1 aliphatic heterocycles. The van der Waals surface area contributed by atoms with Gasteiger partial charge in [-0.3, -0.25) is 9.59 Å². The quantitative estimate of drug-likeness (QED) is 0.697. The number of nitrogens with zero attached hydrogens (tertiary/aromatic N) is 3. The molecule has 6 nitrogen and oxygen atoms in total. The predicted octanol–water partition coefficient (Wildman–Crippen LogP) is 3.23. The Balaban J connectivity index is 1.69. The van der Waals surface area contributed by atoms with Crippen LogP contribution in [0.4, 0.5) is 4.39 Å². The summed E-state index contributed by atoms with van der Waals surface area (Å²) in [5, 5.41) is 0. The maximum atomic E-state index is 13.3. The van der Waals surface area contributed by atoms with Gasteiger partial charge in [-0.15, -0.1) is 0 Å². The molecule has 1 aromatic heterocycles. The summed E-state index contributed by atoms with van der Waals surface area (Å²) in [5.74, 6) is 0.783. The number of likely N-dealkylation sites (N-methyl/N-ethyl adjacent to an activating group) is 1. The van der Waals surface area contributed by atoms with E-state index in [1.54, 1.807) is 36.9 Å². The van der Waals surface area contributed by atoms with E-state index in [1.807, 2.05) is 4.90 Å². The van der Waals surface area contributed by atoms with Gasteiger partial charge in [0.2, 0.25) is 5.91 Å². The Morgan fingerprint density at radius 3 is 2.33 bits per heavy atom. The molecule has 0 N–H and O–H groups in total. The van der Waals surface area contributed by atoms with Gasteiger partial charge in [-0.2, -0.15) is 0 Å². The number of piperazine rings is 1. The van der Waals surface area contributed by atoms with Gasteiger partial charge in [-0.25, -0.2) is 4.39 Å². The minimum Gasteiger partial charge on any atom is -0.466 e. The number of carbonyl (C=O) groups excluding carboxylic acids is 2. The third-order valence-electron chi connectivity index (χ3n) is 5.61. The lowest BCUT2D eigenvalue weighted by Crippen LogP contribution is -2.49. The third-order valence-corrected chi connectivity index (χ3v) is 5.61. The summed E-state index contributed by atoms with van der Waals surface area (Å²) >= 11 is 0. The monoisotopic (exact) mass is 415 g/mol. The first-order valence-corrected chi connectivity index (χ1v) is 10.5. The lowest BCUT2D eigenvalue weighted by Gasteiger charge is -2.34. The molecule has 0 saturated carbocycles. The number of amides is 2. The zero-order valence-electron chi connectivity index (χ0n) is 18.0. The van der Waals surface area contributed by atoms with Crippen molar-refractivity contribution in [1.29, 1.82) is 0 Å². The first-order valence-electron chi connectivity index (χ1n) is 10.5. The van der Waals surface area contributed by atoms with Crippen LogP contribution in [0, 0.1) is 19.7 Å². The van der Waals surface area contributed by atoms with Gasteiger partial charge in [0.1, 0.15) is 17.3 Å². The minimum absolute atomic E-state index is 0.0581. The lowest BCUT2D eigenvalue weighted by molar-refractivity contribution is -0.133. The van der Waals surface area contributed by atoms with E-state index >= 15 is 0 Å². The summed E-state index contributed by atoms with van der Waals surface area (Å²) in [6.07, 6.45) is 0.259. The van der Waals surface area contributed by atoms with E-state index in [1.165, 1.54) is 12.1 Å². The van der Waals surface area contributed by atoms with Crippen molar-refractivity contribution in [3.63, 3.8) is 0 Å². The van der Waals surface area contributed by atoms with Gasteiger partial charge in [0.25, 0.3) is 5.91 Å². The Hall–Kier alpha value is -2.67. The molecule has 1 fully saturated rings. The SMILES string of the molecule is CCN1CCN(C(=O)CCN(Cc2ccc(F)cc2)C(=O)c2cc(C)oc2C)CC1. The zero-order chi connectivity index (χ0) is 21.7. The third kappa shape index (κ3) is 5.48. The first-order chi connectivity index (χ1) is 14.4. The highest BCUT2D eigenvalue weighted by Crippen LogP contribution is 2.18. The second-order valence-corrected chi connectivity index (χ2v) is 7.75. The number of halogens is 1. The maximum absolute atomic E-state index is 13.3. The fourth-order valence-electron chi connectivity index (χ4n) is 3.78. The molecule has 0 spiro atoms. The van der Waals surface area contributed by atoms with Crippen LogP contribution >= 0.6 is 0 Å². The van der Waals surface area contributed by atoms with Crippen molar-refractivity contribution >= 4 is 11.8 Å². The molecular formula is C23H30FN3O3. The van der Waals surface area contributed by atoms with Gasteiger partial charge in [-0.1, -0.05) is 19.1 Å². The van der Waals surface area contributed by atoms with E-state index in [-0.39, 0.29) is 24.1 Å². The largest absolute Gasteiger partial charge is 0.466 e. The molecule has 0 unspecified atom stereocenters. The fourth-order valence-corrected chi connectivity index (χ4v) is 3.78. The number of hydrogen-bond acceptors (Lipinski definition) is 4. The molecule has 1 aromatic carbocycles. The van der Waals surface area contributed by atoms with Gasteiger partial charge < -0.3 is 19.1 Å². The first kappa shape index (κ1) is 22.0. The minimum atomic E-state index is -0.320.